The fourth-order valence-electron chi connectivity index (χ4n) is 2.93. The van der Waals surface area contributed by atoms with E-state index < -0.39 is 0 Å². The molecule has 0 aliphatic heterocycles. The van der Waals surface area contributed by atoms with E-state index in [1.165, 1.54) is 5.56 Å². The highest BCUT2D eigenvalue weighted by molar-refractivity contribution is 6.10. The van der Waals surface area contributed by atoms with Crippen LogP contribution in [-0.2, 0) is 0 Å². The average Bonchev–Trinajstić information content (AvgIpc) is 2.58. The highest BCUT2D eigenvalue weighted by Gasteiger charge is 2.16. The average molecular weight is 316 g/mol. The summed E-state index contributed by atoms with van der Waals surface area (Å²) in [6.07, 6.45) is 0. The number of aryl methyl sites for hydroxylation is 3. The number of rotatable bonds is 4. The maximum absolute atomic E-state index is 12.8. The molecule has 0 saturated heterocycles. The topological polar surface area (TPSA) is 26.3 Å². The highest BCUT2D eigenvalue weighted by Crippen LogP contribution is 2.32. The van der Waals surface area contributed by atoms with Crippen LogP contribution in [0, 0.1) is 20.8 Å². The Morgan fingerprint density at radius 1 is 0.792 bits per heavy atom. The lowest BCUT2D eigenvalue weighted by Gasteiger charge is -2.15. The van der Waals surface area contributed by atoms with E-state index in [9.17, 15) is 4.79 Å². The number of para-hydroxylation sites is 1. The van der Waals surface area contributed by atoms with E-state index in [0.29, 0.717) is 16.9 Å². The predicted octanol–water partition coefficient (Wildman–Crippen LogP) is 5.64. The van der Waals surface area contributed by atoms with Crippen LogP contribution < -0.4 is 4.74 Å². The van der Waals surface area contributed by atoms with Crippen LogP contribution in [0.1, 0.15) is 32.6 Å². The molecule has 120 valence electrons. The number of hydrogen-bond acceptors (Lipinski definition) is 2. The van der Waals surface area contributed by atoms with Gasteiger partial charge in [0.25, 0.3) is 0 Å². The third-order valence-corrected chi connectivity index (χ3v) is 3.98. The predicted molar refractivity (Wildman–Crippen MR) is 97.0 cm³/mol. The zero-order valence-corrected chi connectivity index (χ0v) is 14.2. The second-order valence-electron chi connectivity index (χ2n) is 6.02. The summed E-state index contributed by atoms with van der Waals surface area (Å²) in [4.78, 5) is 12.8. The Labute approximate surface area is 142 Å². The molecule has 0 bridgehead atoms. The number of carbonyl (C=O) groups excluding carboxylic acids is 1. The Balaban J connectivity index is 2.01. The maximum Gasteiger partial charge on any atom is 0.196 e. The Morgan fingerprint density at radius 2 is 1.38 bits per heavy atom. The smallest absolute Gasteiger partial charge is 0.196 e. The van der Waals surface area contributed by atoms with Gasteiger partial charge in [-0.25, -0.2) is 0 Å². The lowest BCUT2D eigenvalue weighted by molar-refractivity contribution is 0.103. The summed E-state index contributed by atoms with van der Waals surface area (Å²) in [7, 11) is 0. The van der Waals surface area contributed by atoms with E-state index in [0.717, 1.165) is 16.9 Å². The molecule has 3 rings (SSSR count). The lowest BCUT2D eigenvalue weighted by Crippen LogP contribution is -2.04. The molecule has 0 aliphatic carbocycles. The third kappa shape index (κ3) is 3.23. The van der Waals surface area contributed by atoms with E-state index in [2.05, 4.69) is 19.1 Å². The van der Waals surface area contributed by atoms with Crippen molar-refractivity contribution in [3.8, 4) is 11.5 Å². The monoisotopic (exact) mass is 316 g/mol. The van der Waals surface area contributed by atoms with E-state index in [1.54, 1.807) is 0 Å². The van der Waals surface area contributed by atoms with Crippen molar-refractivity contribution in [3.63, 3.8) is 0 Å². The molecule has 0 N–H and O–H groups in total. The molecule has 0 aromatic heterocycles. The van der Waals surface area contributed by atoms with Gasteiger partial charge in [-0.1, -0.05) is 60.2 Å². The van der Waals surface area contributed by atoms with Crippen molar-refractivity contribution in [3.05, 3.63) is 94.5 Å². The van der Waals surface area contributed by atoms with Crippen LogP contribution in [0.3, 0.4) is 0 Å². The van der Waals surface area contributed by atoms with Crippen molar-refractivity contribution in [2.75, 3.05) is 0 Å². The quantitative estimate of drug-likeness (QED) is 0.583. The van der Waals surface area contributed by atoms with Gasteiger partial charge in [0.2, 0.25) is 0 Å². The lowest BCUT2D eigenvalue weighted by atomic mass is 10.0. The molecule has 0 amide bonds. The van der Waals surface area contributed by atoms with Crippen molar-refractivity contribution < 1.29 is 9.53 Å². The first kappa shape index (κ1) is 16.0. The summed E-state index contributed by atoms with van der Waals surface area (Å²) < 4.78 is 6.15. The number of ketones is 1. The van der Waals surface area contributed by atoms with Crippen LogP contribution in [0.4, 0.5) is 0 Å². The van der Waals surface area contributed by atoms with Gasteiger partial charge >= 0.3 is 0 Å². The molecular weight excluding hydrogens is 296 g/mol. The fourth-order valence-corrected chi connectivity index (χ4v) is 2.93. The number of ether oxygens (including phenoxy) is 1. The standard InChI is InChI=1S/C22H20O2/c1-15-13-16(2)22(17(3)14-15)24-20-12-8-7-11-19(20)21(23)18-9-5-4-6-10-18/h4-14H,1-3H3. The number of hydrogen-bond donors (Lipinski definition) is 0. The molecule has 0 atom stereocenters. The minimum atomic E-state index is -0.0337. The molecule has 3 aromatic carbocycles. The number of benzene rings is 3. The van der Waals surface area contributed by atoms with Gasteiger partial charge in [-0.3, -0.25) is 4.79 Å². The summed E-state index contributed by atoms with van der Waals surface area (Å²) >= 11 is 0. The van der Waals surface area contributed by atoms with Crippen molar-refractivity contribution in [1.82, 2.24) is 0 Å². The van der Waals surface area contributed by atoms with E-state index in [4.69, 9.17) is 4.74 Å². The zero-order chi connectivity index (χ0) is 17.1. The molecule has 0 fully saturated rings. The van der Waals surface area contributed by atoms with Crippen molar-refractivity contribution in [2.24, 2.45) is 0 Å². The second-order valence-corrected chi connectivity index (χ2v) is 6.02. The van der Waals surface area contributed by atoms with Crippen LogP contribution in [-0.4, -0.2) is 5.78 Å². The van der Waals surface area contributed by atoms with Crippen LogP contribution in [0.25, 0.3) is 0 Å². The van der Waals surface area contributed by atoms with Crippen LogP contribution in [0.2, 0.25) is 0 Å². The van der Waals surface area contributed by atoms with Gasteiger partial charge < -0.3 is 4.74 Å². The van der Waals surface area contributed by atoms with Gasteiger partial charge in [-0.05, 0) is 44.0 Å². The Hall–Kier alpha value is -2.87. The van der Waals surface area contributed by atoms with Gasteiger partial charge in [0.1, 0.15) is 11.5 Å². The Bertz CT molecular complexity index is 856. The van der Waals surface area contributed by atoms with Crippen molar-refractivity contribution in [1.29, 1.82) is 0 Å². The molecule has 2 nitrogen and oxygen atoms in total. The molecule has 24 heavy (non-hydrogen) atoms. The summed E-state index contributed by atoms with van der Waals surface area (Å²) in [6.45, 7) is 6.12. The van der Waals surface area contributed by atoms with Gasteiger partial charge in [0.15, 0.2) is 5.78 Å². The van der Waals surface area contributed by atoms with Gasteiger partial charge in [-0.15, -0.1) is 0 Å². The first-order chi connectivity index (χ1) is 11.6. The zero-order valence-electron chi connectivity index (χ0n) is 14.2. The molecule has 0 unspecified atom stereocenters. The molecule has 0 spiro atoms. The van der Waals surface area contributed by atoms with E-state index in [1.807, 2.05) is 68.4 Å². The molecule has 0 radical (unpaired) electrons. The van der Waals surface area contributed by atoms with Gasteiger partial charge in [-0.2, -0.15) is 0 Å². The normalized spacial score (nSPS) is 10.5. The minimum absolute atomic E-state index is 0.0337. The van der Waals surface area contributed by atoms with Crippen molar-refractivity contribution >= 4 is 5.78 Å². The Kier molecular flexibility index (Phi) is 4.48. The molecule has 0 saturated carbocycles. The van der Waals surface area contributed by atoms with E-state index >= 15 is 0 Å². The molecule has 0 aliphatic rings. The third-order valence-electron chi connectivity index (χ3n) is 3.98. The van der Waals surface area contributed by atoms with Gasteiger partial charge in [0.05, 0.1) is 5.56 Å². The van der Waals surface area contributed by atoms with Crippen LogP contribution >= 0.6 is 0 Å². The first-order valence-corrected chi connectivity index (χ1v) is 8.01. The molecule has 2 heteroatoms. The van der Waals surface area contributed by atoms with Gasteiger partial charge in [0, 0.05) is 5.56 Å². The highest BCUT2D eigenvalue weighted by atomic mass is 16.5. The summed E-state index contributed by atoms with van der Waals surface area (Å²) in [5.41, 5.74) is 4.56. The number of carbonyl (C=O) groups is 1. The fraction of sp³-hybridized carbons (Fsp3) is 0.136. The summed E-state index contributed by atoms with van der Waals surface area (Å²) in [5.74, 6) is 1.36. The van der Waals surface area contributed by atoms with Crippen LogP contribution in [0.15, 0.2) is 66.7 Å². The largest absolute Gasteiger partial charge is 0.456 e. The minimum Gasteiger partial charge on any atom is -0.456 e. The molecule has 0 heterocycles. The summed E-state index contributed by atoms with van der Waals surface area (Å²) in [6, 6.07) is 20.8. The molecular formula is C22H20O2. The van der Waals surface area contributed by atoms with E-state index in [-0.39, 0.29) is 5.78 Å². The first-order valence-electron chi connectivity index (χ1n) is 8.01. The maximum atomic E-state index is 12.8. The Morgan fingerprint density at radius 3 is 2.04 bits per heavy atom. The summed E-state index contributed by atoms with van der Waals surface area (Å²) in [5, 5.41) is 0. The molecule has 3 aromatic rings. The van der Waals surface area contributed by atoms with Crippen LogP contribution in [0.5, 0.6) is 11.5 Å². The van der Waals surface area contributed by atoms with Crippen molar-refractivity contribution in [2.45, 2.75) is 20.8 Å². The second kappa shape index (κ2) is 6.71. The SMILES string of the molecule is Cc1cc(C)c(Oc2ccccc2C(=O)c2ccccc2)c(C)c1.